The normalized spacial score (nSPS) is 11.0. The van der Waals surface area contributed by atoms with Crippen LogP contribution in [0.15, 0.2) is 15.1 Å². The molecule has 2 heterocycles. The summed E-state index contributed by atoms with van der Waals surface area (Å²) in [5.74, 6) is -0.0340. The zero-order valence-electron chi connectivity index (χ0n) is 12.9. The zero-order chi connectivity index (χ0) is 16.3. The fraction of sp³-hybridized carbons (Fsp3) is 0.500. The molecule has 0 fully saturated rings. The van der Waals surface area contributed by atoms with Crippen LogP contribution in [0.2, 0.25) is 0 Å². The van der Waals surface area contributed by atoms with E-state index >= 15 is 0 Å². The maximum absolute atomic E-state index is 11.9. The van der Waals surface area contributed by atoms with Crippen molar-refractivity contribution < 1.29 is 4.79 Å². The minimum atomic E-state index is -0.0340. The number of aromatic nitrogens is 4. The van der Waals surface area contributed by atoms with Gasteiger partial charge in [0.2, 0.25) is 5.91 Å². The highest BCUT2D eigenvalue weighted by Crippen LogP contribution is 2.19. The molecule has 120 valence electrons. The largest absolute Gasteiger partial charge is 0.354 e. The number of hydrogen-bond donors (Lipinski definition) is 1. The molecule has 22 heavy (non-hydrogen) atoms. The molecule has 0 unspecified atom stereocenters. The minimum Gasteiger partial charge on any atom is -0.354 e. The van der Waals surface area contributed by atoms with Gasteiger partial charge in [0.05, 0.1) is 26.5 Å². The third-order valence-corrected chi connectivity index (χ3v) is 5.42. The number of carbonyl (C=O) groups is 1. The summed E-state index contributed by atoms with van der Waals surface area (Å²) in [5.41, 5.74) is 3.05. The molecule has 0 saturated heterocycles. The van der Waals surface area contributed by atoms with E-state index in [2.05, 4.69) is 47.4 Å². The molecule has 8 heteroatoms. The summed E-state index contributed by atoms with van der Waals surface area (Å²) in [6.45, 7) is 7.57. The van der Waals surface area contributed by atoms with Crippen molar-refractivity contribution in [3.63, 3.8) is 0 Å². The lowest BCUT2D eigenvalue weighted by atomic mass is 10.3. The average Bonchev–Trinajstić information content (AvgIpc) is 2.92. The van der Waals surface area contributed by atoms with E-state index in [1.165, 1.54) is 0 Å². The van der Waals surface area contributed by atoms with Gasteiger partial charge in [-0.2, -0.15) is 10.2 Å². The molecule has 2 aromatic rings. The Labute approximate surface area is 146 Å². The fourth-order valence-electron chi connectivity index (χ4n) is 2.12. The monoisotopic (exact) mass is 431 g/mol. The molecule has 0 aliphatic heterocycles. The highest BCUT2D eigenvalue weighted by Gasteiger charge is 2.09. The summed E-state index contributed by atoms with van der Waals surface area (Å²) in [6.07, 6.45) is 2.53. The van der Waals surface area contributed by atoms with E-state index in [1.807, 2.05) is 25.5 Å². The molecule has 0 aromatic carbocycles. The first-order chi connectivity index (χ1) is 10.4. The van der Waals surface area contributed by atoms with Crippen LogP contribution < -0.4 is 5.32 Å². The number of nitrogens with one attached hydrogen (secondary N) is 1. The quantitative estimate of drug-likeness (QED) is 0.713. The lowest BCUT2D eigenvalue weighted by Gasteiger charge is -2.08. The van der Waals surface area contributed by atoms with Crippen LogP contribution in [0, 0.1) is 20.8 Å². The molecule has 0 radical (unpaired) electrons. The summed E-state index contributed by atoms with van der Waals surface area (Å²) >= 11 is 6.89. The molecule has 6 nitrogen and oxygen atoms in total. The number of nitrogens with zero attached hydrogens (tertiary/aromatic N) is 4. The molecular formula is C14H19Br2N5O. The molecule has 0 bridgehead atoms. The lowest BCUT2D eigenvalue weighted by molar-refractivity contribution is -0.121. The second-order valence-corrected chi connectivity index (χ2v) is 6.79. The van der Waals surface area contributed by atoms with Gasteiger partial charge in [-0.1, -0.05) is 0 Å². The topological polar surface area (TPSA) is 64.7 Å². The number of aryl methyl sites for hydroxylation is 2. The molecule has 2 rings (SSSR count). The van der Waals surface area contributed by atoms with Gasteiger partial charge in [0.25, 0.3) is 0 Å². The average molecular weight is 433 g/mol. The van der Waals surface area contributed by atoms with Gasteiger partial charge in [0.15, 0.2) is 0 Å². The molecular weight excluding hydrogens is 414 g/mol. The van der Waals surface area contributed by atoms with E-state index in [0.717, 1.165) is 39.0 Å². The van der Waals surface area contributed by atoms with Crippen LogP contribution in [-0.2, 0) is 17.9 Å². The molecule has 0 aliphatic rings. The molecule has 1 N–H and O–H groups in total. The molecule has 2 aromatic heterocycles. The van der Waals surface area contributed by atoms with E-state index in [9.17, 15) is 4.79 Å². The maximum Gasteiger partial charge on any atom is 0.241 e. The van der Waals surface area contributed by atoms with Crippen LogP contribution in [0.5, 0.6) is 0 Å². The molecule has 0 spiro atoms. The standard InChI is InChI=1S/C14H19Br2N5O/c1-9-14(16)11(3)20(19-9)6-4-5-17-13(22)8-21-10(2)12(15)7-18-21/h7H,4-6,8H2,1-3H3,(H,17,22). The molecule has 0 saturated carbocycles. The SMILES string of the molecule is Cc1nn(CCCNC(=O)Cn2ncc(Br)c2C)c(C)c1Br. The van der Waals surface area contributed by atoms with Crippen molar-refractivity contribution in [3.05, 3.63) is 32.2 Å². The van der Waals surface area contributed by atoms with E-state index in [-0.39, 0.29) is 12.5 Å². The summed E-state index contributed by atoms with van der Waals surface area (Å²) in [7, 11) is 0. The maximum atomic E-state index is 11.9. The lowest BCUT2D eigenvalue weighted by Crippen LogP contribution is -2.29. The van der Waals surface area contributed by atoms with Crippen molar-refractivity contribution in [3.8, 4) is 0 Å². The van der Waals surface area contributed by atoms with Gasteiger partial charge in [-0.3, -0.25) is 14.2 Å². The summed E-state index contributed by atoms with van der Waals surface area (Å²) in [6, 6.07) is 0. The number of hydrogen-bond acceptors (Lipinski definition) is 3. The van der Waals surface area contributed by atoms with Crippen LogP contribution in [0.4, 0.5) is 0 Å². The van der Waals surface area contributed by atoms with E-state index in [4.69, 9.17) is 0 Å². The Balaban J connectivity index is 1.75. The highest BCUT2D eigenvalue weighted by molar-refractivity contribution is 9.10. The number of rotatable bonds is 6. The number of amides is 1. The second kappa shape index (κ2) is 7.41. The van der Waals surface area contributed by atoms with Gasteiger partial charge in [-0.05, 0) is 59.1 Å². The Bertz CT molecular complexity index is 677. The first kappa shape index (κ1) is 17.2. The Morgan fingerprint density at radius 1 is 1.23 bits per heavy atom. The number of halogens is 2. The first-order valence-electron chi connectivity index (χ1n) is 7.04. The van der Waals surface area contributed by atoms with Crippen molar-refractivity contribution >= 4 is 37.8 Å². The Morgan fingerprint density at radius 3 is 2.50 bits per heavy atom. The van der Waals surface area contributed by atoms with E-state index in [1.54, 1.807) is 10.9 Å². The Kier molecular flexibility index (Phi) is 5.80. The van der Waals surface area contributed by atoms with E-state index < -0.39 is 0 Å². The Morgan fingerprint density at radius 2 is 1.95 bits per heavy atom. The predicted molar refractivity (Wildman–Crippen MR) is 91.7 cm³/mol. The van der Waals surface area contributed by atoms with Crippen molar-refractivity contribution in [1.82, 2.24) is 24.9 Å². The van der Waals surface area contributed by atoms with Crippen LogP contribution in [0.3, 0.4) is 0 Å². The molecule has 0 aliphatic carbocycles. The van der Waals surface area contributed by atoms with E-state index in [0.29, 0.717) is 6.54 Å². The van der Waals surface area contributed by atoms with Gasteiger partial charge < -0.3 is 5.32 Å². The number of carbonyl (C=O) groups excluding carboxylic acids is 1. The van der Waals surface area contributed by atoms with Gasteiger partial charge in [0, 0.05) is 18.8 Å². The zero-order valence-corrected chi connectivity index (χ0v) is 16.0. The van der Waals surface area contributed by atoms with Gasteiger partial charge in [-0.15, -0.1) is 0 Å². The van der Waals surface area contributed by atoms with Crippen molar-refractivity contribution in [1.29, 1.82) is 0 Å². The van der Waals surface area contributed by atoms with Crippen molar-refractivity contribution in [2.24, 2.45) is 0 Å². The van der Waals surface area contributed by atoms with Crippen LogP contribution in [0.1, 0.15) is 23.5 Å². The van der Waals surface area contributed by atoms with Gasteiger partial charge in [0.1, 0.15) is 6.54 Å². The van der Waals surface area contributed by atoms with Crippen LogP contribution in [0.25, 0.3) is 0 Å². The van der Waals surface area contributed by atoms with Crippen LogP contribution in [-0.4, -0.2) is 32.0 Å². The second-order valence-electron chi connectivity index (χ2n) is 5.15. The highest BCUT2D eigenvalue weighted by atomic mass is 79.9. The third kappa shape index (κ3) is 3.98. The van der Waals surface area contributed by atoms with Crippen molar-refractivity contribution in [2.45, 2.75) is 40.3 Å². The molecule has 0 atom stereocenters. The summed E-state index contributed by atoms with van der Waals surface area (Å²) in [4.78, 5) is 11.9. The van der Waals surface area contributed by atoms with Gasteiger partial charge >= 0.3 is 0 Å². The summed E-state index contributed by atoms with van der Waals surface area (Å²) < 4.78 is 5.60. The minimum absolute atomic E-state index is 0.0340. The molecule has 1 amide bonds. The van der Waals surface area contributed by atoms with Gasteiger partial charge in [-0.25, -0.2) is 0 Å². The van der Waals surface area contributed by atoms with Crippen LogP contribution >= 0.6 is 31.9 Å². The third-order valence-electron chi connectivity index (χ3n) is 3.50. The Hall–Kier alpha value is -1.15. The van der Waals surface area contributed by atoms with Crippen molar-refractivity contribution in [2.75, 3.05) is 6.54 Å². The fourth-order valence-corrected chi connectivity index (χ4v) is 2.70. The summed E-state index contributed by atoms with van der Waals surface area (Å²) in [5, 5.41) is 11.5. The smallest absolute Gasteiger partial charge is 0.241 e. The predicted octanol–water partition coefficient (Wildman–Crippen LogP) is 2.74. The first-order valence-corrected chi connectivity index (χ1v) is 8.63.